The van der Waals surface area contributed by atoms with Gasteiger partial charge in [0.25, 0.3) is 0 Å². The van der Waals surface area contributed by atoms with Crippen molar-refractivity contribution in [2.24, 2.45) is 0 Å². The van der Waals surface area contributed by atoms with Gasteiger partial charge in [-0.1, -0.05) is 0 Å². The molecule has 2 N–H and O–H groups in total. The second-order valence-corrected chi connectivity index (χ2v) is 7.29. The van der Waals surface area contributed by atoms with E-state index in [1.807, 2.05) is 4.90 Å². The van der Waals surface area contributed by atoms with Crippen molar-refractivity contribution in [3.8, 4) is 0 Å². The van der Waals surface area contributed by atoms with Gasteiger partial charge in [0.1, 0.15) is 11.4 Å². The van der Waals surface area contributed by atoms with Crippen molar-refractivity contribution >= 4 is 17.2 Å². The summed E-state index contributed by atoms with van der Waals surface area (Å²) in [7, 11) is 0. The monoisotopic (exact) mass is 348 g/mol. The molecule has 1 fully saturated rings. The highest BCUT2D eigenvalue weighted by atomic mass is 32.1. The molecule has 2 aromatic heterocycles. The van der Waals surface area contributed by atoms with E-state index in [4.69, 9.17) is 4.74 Å². The van der Waals surface area contributed by atoms with Gasteiger partial charge in [0.15, 0.2) is 0 Å². The number of carbonyl (C=O) groups excluding carboxylic acids is 1. The quantitative estimate of drug-likeness (QED) is 0.871. The summed E-state index contributed by atoms with van der Waals surface area (Å²) in [6, 6.07) is 2.20. The van der Waals surface area contributed by atoms with Gasteiger partial charge in [-0.25, -0.2) is 9.89 Å². The lowest BCUT2D eigenvalue weighted by Gasteiger charge is -2.43. The van der Waals surface area contributed by atoms with Crippen LogP contribution in [0, 0.1) is 0 Å². The Kier molecular flexibility index (Phi) is 4.01. The molecule has 2 aromatic rings. The number of piperidine rings is 1. The smallest absolute Gasteiger partial charge is 0.340 e. The zero-order valence-electron chi connectivity index (χ0n) is 13.3. The average molecular weight is 348 g/mol. The molecule has 1 amide bonds. The van der Waals surface area contributed by atoms with Crippen LogP contribution in [0.2, 0.25) is 0 Å². The molecule has 4 rings (SSSR count). The molecular formula is C16H20N4O3S. The maximum absolute atomic E-state index is 12.4. The Morgan fingerprint density at radius 3 is 3.00 bits per heavy atom. The number of fused-ring (bicyclic) bond motifs is 2. The molecule has 24 heavy (non-hydrogen) atoms. The Bertz CT molecular complexity index is 785. The lowest BCUT2D eigenvalue weighted by Crippen LogP contribution is -2.47. The summed E-state index contributed by atoms with van der Waals surface area (Å²) in [4.78, 5) is 29.2. The van der Waals surface area contributed by atoms with Crippen LogP contribution in [-0.4, -0.2) is 45.7 Å². The first kappa shape index (κ1) is 15.6. The molecule has 8 heteroatoms. The fourth-order valence-corrected chi connectivity index (χ4v) is 4.82. The number of hydrogen-bond acceptors (Lipinski definition) is 5. The van der Waals surface area contributed by atoms with Gasteiger partial charge in [-0.15, -0.1) is 11.3 Å². The minimum Gasteiger partial charge on any atom is -0.369 e. The number of nitrogens with one attached hydrogen (secondary N) is 2. The molecule has 2 aliphatic heterocycles. The van der Waals surface area contributed by atoms with Crippen LogP contribution in [0.25, 0.3) is 0 Å². The maximum atomic E-state index is 12.4. The number of aryl methyl sites for hydroxylation is 1. The SMILES string of the molecule is O=C(CCc1n[nH]c(=O)[nH]1)N1CCC2(CC1)OCCc1ccsc12. The topological polar surface area (TPSA) is 91.1 Å². The van der Waals surface area contributed by atoms with Gasteiger partial charge in [0, 0.05) is 30.8 Å². The number of rotatable bonds is 3. The van der Waals surface area contributed by atoms with Crippen molar-refractivity contribution in [2.45, 2.75) is 37.7 Å². The van der Waals surface area contributed by atoms with E-state index < -0.39 is 0 Å². The van der Waals surface area contributed by atoms with Crippen molar-refractivity contribution in [3.63, 3.8) is 0 Å². The first-order chi connectivity index (χ1) is 11.7. The van der Waals surface area contributed by atoms with E-state index in [0.29, 0.717) is 31.8 Å². The summed E-state index contributed by atoms with van der Waals surface area (Å²) >= 11 is 1.78. The Morgan fingerprint density at radius 1 is 1.42 bits per heavy atom. The molecule has 1 saturated heterocycles. The standard InChI is InChI=1S/C16H20N4O3S/c21-13(2-1-12-17-15(22)19-18-12)20-7-5-16(6-8-20)14-11(3-9-23-16)4-10-24-14/h4,10H,1-3,5-9H2,(H2,17,18,19,22). The molecule has 0 aromatic carbocycles. The van der Waals surface area contributed by atoms with E-state index in [9.17, 15) is 9.59 Å². The molecule has 0 radical (unpaired) electrons. The Balaban J connectivity index is 1.36. The van der Waals surface area contributed by atoms with Crippen LogP contribution in [0.15, 0.2) is 16.2 Å². The van der Waals surface area contributed by atoms with Gasteiger partial charge in [-0.3, -0.25) is 9.78 Å². The van der Waals surface area contributed by atoms with Gasteiger partial charge in [-0.2, -0.15) is 5.10 Å². The van der Waals surface area contributed by atoms with E-state index >= 15 is 0 Å². The van der Waals surface area contributed by atoms with Crippen LogP contribution in [-0.2, 0) is 28.0 Å². The zero-order chi connectivity index (χ0) is 16.6. The van der Waals surface area contributed by atoms with Crippen LogP contribution in [0.4, 0.5) is 0 Å². The van der Waals surface area contributed by atoms with Crippen LogP contribution in [0.1, 0.15) is 35.5 Å². The van der Waals surface area contributed by atoms with E-state index in [0.717, 1.165) is 25.9 Å². The van der Waals surface area contributed by atoms with Gasteiger partial charge in [0.05, 0.1) is 6.61 Å². The predicted octanol–water partition coefficient (Wildman–Crippen LogP) is 1.18. The molecule has 0 atom stereocenters. The first-order valence-electron chi connectivity index (χ1n) is 8.28. The van der Waals surface area contributed by atoms with Crippen molar-refractivity contribution in [1.82, 2.24) is 20.1 Å². The number of H-pyrrole nitrogens is 2. The van der Waals surface area contributed by atoms with E-state index in [2.05, 4.69) is 26.6 Å². The highest BCUT2D eigenvalue weighted by Gasteiger charge is 2.42. The highest BCUT2D eigenvalue weighted by molar-refractivity contribution is 7.10. The van der Waals surface area contributed by atoms with E-state index in [-0.39, 0.29) is 17.2 Å². The maximum Gasteiger partial charge on any atom is 0.340 e. The third kappa shape index (κ3) is 2.80. The normalized spacial score (nSPS) is 19.4. The third-order valence-corrected chi connectivity index (χ3v) is 6.10. The van der Waals surface area contributed by atoms with Gasteiger partial charge < -0.3 is 9.64 Å². The van der Waals surface area contributed by atoms with Crippen molar-refractivity contribution in [1.29, 1.82) is 0 Å². The molecule has 0 saturated carbocycles. The molecule has 0 unspecified atom stereocenters. The number of ether oxygens (including phenoxy) is 1. The lowest BCUT2D eigenvalue weighted by molar-refractivity contribution is -0.140. The number of hydrogen-bond donors (Lipinski definition) is 2. The summed E-state index contributed by atoms with van der Waals surface area (Å²) in [5.41, 5.74) is 0.887. The Morgan fingerprint density at radius 2 is 2.25 bits per heavy atom. The largest absolute Gasteiger partial charge is 0.369 e. The number of carbonyl (C=O) groups is 1. The van der Waals surface area contributed by atoms with Gasteiger partial charge in [-0.05, 0) is 36.3 Å². The second-order valence-electron chi connectivity index (χ2n) is 6.37. The van der Waals surface area contributed by atoms with E-state index in [1.54, 1.807) is 11.3 Å². The van der Waals surface area contributed by atoms with Gasteiger partial charge in [0.2, 0.25) is 5.91 Å². The zero-order valence-corrected chi connectivity index (χ0v) is 14.2. The number of thiophene rings is 1. The molecule has 7 nitrogen and oxygen atoms in total. The molecule has 0 bridgehead atoms. The van der Waals surface area contributed by atoms with E-state index in [1.165, 1.54) is 10.4 Å². The highest BCUT2D eigenvalue weighted by Crippen LogP contribution is 2.44. The van der Waals surface area contributed by atoms with Crippen molar-refractivity contribution < 1.29 is 9.53 Å². The number of amides is 1. The molecule has 0 aliphatic carbocycles. The lowest BCUT2D eigenvalue weighted by atomic mass is 9.85. The predicted molar refractivity (Wildman–Crippen MR) is 89.0 cm³/mol. The first-order valence-corrected chi connectivity index (χ1v) is 9.16. The molecule has 1 spiro atoms. The minimum atomic E-state index is -0.335. The summed E-state index contributed by atoms with van der Waals surface area (Å²) < 4.78 is 6.17. The number of nitrogens with zero attached hydrogens (tertiary/aromatic N) is 2. The van der Waals surface area contributed by atoms with Gasteiger partial charge >= 0.3 is 5.69 Å². The van der Waals surface area contributed by atoms with Crippen molar-refractivity contribution in [3.05, 3.63) is 38.2 Å². The fraction of sp³-hybridized carbons (Fsp3) is 0.562. The summed E-state index contributed by atoms with van der Waals surface area (Å²) in [6.07, 6.45) is 3.51. The average Bonchev–Trinajstić information content (AvgIpc) is 3.23. The Hall–Kier alpha value is -1.93. The summed E-state index contributed by atoms with van der Waals surface area (Å²) in [6.45, 7) is 2.20. The molecule has 2 aliphatic rings. The summed E-state index contributed by atoms with van der Waals surface area (Å²) in [5.74, 6) is 0.636. The Labute approximate surface area is 143 Å². The molecule has 128 valence electrons. The van der Waals surface area contributed by atoms with Crippen LogP contribution < -0.4 is 5.69 Å². The number of aromatic nitrogens is 3. The summed E-state index contributed by atoms with van der Waals surface area (Å²) in [5, 5.41) is 8.30. The van der Waals surface area contributed by atoms with Crippen LogP contribution in [0.5, 0.6) is 0 Å². The fourth-order valence-electron chi connectivity index (χ4n) is 3.65. The van der Waals surface area contributed by atoms with Crippen LogP contribution >= 0.6 is 11.3 Å². The molecule has 4 heterocycles. The van der Waals surface area contributed by atoms with Crippen LogP contribution in [0.3, 0.4) is 0 Å². The van der Waals surface area contributed by atoms with Crippen molar-refractivity contribution in [2.75, 3.05) is 19.7 Å². The third-order valence-electron chi connectivity index (χ3n) is 4.96. The number of likely N-dealkylation sites (tertiary alicyclic amines) is 1. The second kappa shape index (κ2) is 6.18. The number of aromatic amines is 2. The molecular weight excluding hydrogens is 328 g/mol. The minimum absolute atomic E-state index is 0.107.